The third kappa shape index (κ3) is 3.63. The van der Waals surface area contributed by atoms with Gasteiger partial charge >= 0.3 is 0 Å². The van der Waals surface area contributed by atoms with Crippen LogP contribution in [0.1, 0.15) is 18.4 Å². The topological polar surface area (TPSA) is 29.1 Å². The highest BCUT2D eigenvalue weighted by Gasteiger charge is 2.18. The molecule has 2 nitrogen and oxygen atoms in total. The number of nitrogens with one attached hydrogen (secondary N) is 1. The normalized spacial score (nSPS) is 17.0. The Hall–Kier alpha value is -1.22. The summed E-state index contributed by atoms with van der Waals surface area (Å²) in [5.41, 5.74) is 1.15. The summed E-state index contributed by atoms with van der Waals surface area (Å²) in [4.78, 5) is 11.9. The van der Waals surface area contributed by atoms with Gasteiger partial charge in [0.2, 0.25) is 5.91 Å². The average Bonchev–Trinajstić information content (AvgIpc) is 2.83. The minimum atomic E-state index is -0.266. The standard InChI is InChI=1S/C14H17NOS/c16-14(15-12-8-4-5-9-12)13(17)10-11-6-2-1-3-7-11/h1-7,12-13,17H,8-10H2,(H,15,16). The molecule has 17 heavy (non-hydrogen) atoms. The van der Waals surface area contributed by atoms with Gasteiger partial charge in [-0.2, -0.15) is 12.6 Å². The van der Waals surface area contributed by atoms with E-state index in [0.717, 1.165) is 18.4 Å². The quantitative estimate of drug-likeness (QED) is 0.621. The van der Waals surface area contributed by atoms with Gasteiger partial charge in [-0.25, -0.2) is 0 Å². The molecular weight excluding hydrogens is 230 g/mol. The Kier molecular flexibility index (Phi) is 4.26. The number of hydrogen-bond acceptors (Lipinski definition) is 2. The molecule has 0 saturated heterocycles. The maximum absolute atomic E-state index is 11.9. The van der Waals surface area contributed by atoms with Crippen molar-refractivity contribution in [2.45, 2.75) is 30.6 Å². The van der Waals surface area contributed by atoms with E-state index < -0.39 is 0 Å². The predicted molar refractivity (Wildman–Crippen MR) is 73.2 cm³/mol. The molecule has 3 heteroatoms. The lowest BCUT2D eigenvalue weighted by Crippen LogP contribution is -2.39. The fourth-order valence-electron chi connectivity index (χ4n) is 1.96. The molecule has 1 aromatic carbocycles. The van der Waals surface area contributed by atoms with Crippen LogP contribution in [0, 0.1) is 0 Å². The summed E-state index contributed by atoms with van der Waals surface area (Å²) in [6.07, 6.45) is 6.77. The van der Waals surface area contributed by atoms with Crippen molar-refractivity contribution < 1.29 is 4.79 Å². The lowest BCUT2D eigenvalue weighted by Gasteiger charge is -2.16. The Morgan fingerprint density at radius 1 is 1.29 bits per heavy atom. The number of carbonyl (C=O) groups excluding carboxylic acids is 1. The van der Waals surface area contributed by atoms with Gasteiger partial charge in [0.05, 0.1) is 5.25 Å². The zero-order valence-electron chi connectivity index (χ0n) is 9.67. The number of carbonyl (C=O) groups is 1. The Balaban J connectivity index is 1.83. The van der Waals surface area contributed by atoms with Gasteiger partial charge in [-0.3, -0.25) is 4.79 Å². The summed E-state index contributed by atoms with van der Waals surface area (Å²) in [6, 6.07) is 10.2. The van der Waals surface area contributed by atoms with Crippen LogP contribution >= 0.6 is 12.6 Å². The lowest BCUT2D eigenvalue weighted by atomic mass is 10.1. The Morgan fingerprint density at radius 2 is 1.94 bits per heavy atom. The third-order valence-corrected chi connectivity index (χ3v) is 3.35. The molecule has 0 aliphatic heterocycles. The summed E-state index contributed by atoms with van der Waals surface area (Å²) in [6.45, 7) is 0. The molecule has 0 fully saturated rings. The molecule has 1 unspecified atom stereocenters. The average molecular weight is 247 g/mol. The molecule has 0 aromatic heterocycles. The first-order valence-electron chi connectivity index (χ1n) is 5.93. The highest BCUT2D eigenvalue weighted by molar-refractivity contribution is 7.81. The van der Waals surface area contributed by atoms with Crippen LogP contribution in [0.4, 0.5) is 0 Å². The molecule has 0 heterocycles. The summed E-state index contributed by atoms with van der Waals surface area (Å²) >= 11 is 4.38. The largest absolute Gasteiger partial charge is 0.352 e. The van der Waals surface area contributed by atoms with Gasteiger partial charge in [-0.15, -0.1) is 0 Å². The Bertz CT molecular complexity index is 394. The van der Waals surface area contributed by atoms with Crippen LogP contribution in [-0.2, 0) is 11.2 Å². The van der Waals surface area contributed by atoms with Crippen LogP contribution in [0.2, 0.25) is 0 Å². The van der Waals surface area contributed by atoms with Crippen LogP contribution in [-0.4, -0.2) is 17.2 Å². The molecule has 0 bridgehead atoms. The van der Waals surface area contributed by atoms with Crippen LogP contribution in [0.25, 0.3) is 0 Å². The number of benzene rings is 1. The third-order valence-electron chi connectivity index (χ3n) is 2.93. The lowest BCUT2D eigenvalue weighted by molar-refractivity contribution is -0.121. The van der Waals surface area contributed by atoms with Crippen molar-refractivity contribution in [2.24, 2.45) is 0 Å². The van der Waals surface area contributed by atoms with E-state index in [-0.39, 0.29) is 17.2 Å². The van der Waals surface area contributed by atoms with Crippen molar-refractivity contribution in [3.63, 3.8) is 0 Å². The molecule has 0 spiro atoms. The fraction of sp³-hybridized carbons (Fsp3) is 0.357. The van der Waals surface area contributed by atoms with E-state index in [2.05, 4.69) is 30.1 Å². The molecule has 1 atom stereocenters. The van der Waals surface area contributed by atoms with Crippen molar-refractivity contribution in [3.8, 4) is 0 Å². The Labute approximate surface area is 108 Å². The second-order valence-electron chi connectivity index (χ2n) is 4.35. The highest BCUT2D eigenvalue weighted by Crippen LogP contribution is 2.12. The number of amides is 1. The molecule has 1 N–H and O–H groups in total. The highest BCUT2D eigenvalue weighted by atomic mass is 32.1. The van der Waals surface area contributed by atoms with Crippen molar-refractivity contribution >= 4 is 18.5 Å². The van der Waals surface area contributed by atoms with E-state index in [0.29, 0.717) is 6.42 Å². The molecule has 1 aliphatic rings. The summed E-state index contributed by atoms with van der Waals surface area (Å²) < 4.78 is 0. The monoisotopic (exact) mass is 247 g/mol. The van der Waals surface area contributed by atoms with Gasteiger partial charge in [0.15, 0.2) is 0 Å². The second kappa shape index (κ2) is 5.92. The number of hydrogen-bond donors (Lipinski definition) is 2. The van der Waals surface area contributed by atoms with Gasteiger partial charge in [0.25, 0.3) is 0 Å². The van der Waals surface area contributed by atoms with Crippen molar-refractivity contribution in [2.75, 3.05) is 0 Å². The van der Waals surface area contributed by atoms with Gasteiger partial charge in [0.1, 0.15) is 0 Å². The zero-order chi connectivity index (χ0) is 12.1. The number of thiol groups is 1. The first-order valence-corrected chi connectivity index (χ1v) is 6.44. The van der Waals surface area contributed by atoms with E-state index >= 15 is 0 Å². The maximum atomic E-state index is 11.9. The van der Waals surface area contributed by atoms with Crippen molar-refractivity contribution in [3.05, 3.63) is 48.0 Å². The van der Waals surface area contributed by atoms with Crippen molar-refractivity contribution in [1.29, 1.82) is 0 Å². The van der Waals surface area contributed by atoms with E-state index in [1.165, 1.54) is 0 Å². The predicted octanol–water partition coefficient (Wildman–Crippen LogP) is 2.36. The minimum absolute atomic E-state index is 0.0332. The first kappa shape index (κ1) is 12.2. The van der Waals surface area contributed by atoms with Gasteiger partial charge in [0, 0.05) is 6.04 Å². The molecular formula is C14H17NOS. The minimum Gasteiger partial charge on any atom is -0.352 e. The van der Waals surface area contributed by atoms with E-state index in [4.69, 9.17) is 0 Å². The van der Waals surface area contributed by atoms with Gasteiger partial charge < -0.3 is 5.32 Å². The fourth-order valence-corrected chi connectivity index (χ4v) is 2.25. The summed E-state index contributed by atoms with van der Waals surface area (Å²) in [5, 5.41) is 2.76. The van der Waals surface area contributed by atoms with Crippen molar-refractivity contribution in [1.82, 2.24) is 5.32 Å². The molecule has 1 amide bonds. The van der Waals surface area contributed by atoms with Gasteiger partial charge in [-0.1, -0.05) is 42.5 Å². The van der Waals surface area contributed by atoms with E-state index in [1.54, 1.807) is 0 Å². The molecule has 0 radical (unpaired) electrons. The zero-order valence-corrected chi connectivity index (χ0v) is 10.6. The van der Waals surface area contributed by atoms with E-state index in [9.17, 15) is 4.79 Å². The van der Waals surface area contributed by atoms with Crippen LogP contribution < -0.4 is 5.32 Å². The molecule has 1 aliphatic carbocycles. The summed E-state index contributed by atoms with van der Waals surface area (Å²) in [5.74, 6) is 0.0332. The molecule has 90 valence electrons. The smallest absolute Gasteiger partial charge is 0.233 e. The number of rotatable bonds is 4. The van der Waals surface area contributed by atoms with Crippen LogP contribution in [0.3, 0.4) is 0 Å². The summed E-state index contributed by atoms with van der Waals surface area (Å²) in [7, 11) is 0. The van der Waals surface area contributed by atoms with Crippen LogP contribution in [0.5, 0.6) is 0 Å². The maximum Gasteiger partial charge on any atom is 0.233 e. The molecule has 0 saturated carbocycles. The first-order chi connectivity index (χ1) is 8.25. The SMILES string of the molecule is O=C(NC1CC=CC1)C(S)Cc1ccccc1. The van der Waals surface area contributed by atoms with E-state index in [1.807, 2.05) is 30.3 Å². The van der Waals surface area contributed by atoms with Crippen LogP contribution in [0.15, 0.2) is 42.5 Å². The Morgan fingerprint density at radius 3 is 2.59 bits per heavy atom. The molecule has 2 rings (SSSR count). The van der Waals surface area contributed by atoms with Gasteiger partial charge in [-0.05, 0) is 24.8 Å². The second-order valence-corrected chi connectivity index (χ2v) is 4.98. The molecule has 1 aromatic rings.